The first-order valence-corrected chi connectivity index (χ1v) is 8.75. The summed E-state index contributed by atoms with van der Waals surface area (Å²) in [4.78, 5) is 29.0. The smallest absolute Gasteiger partial charge is 0.333 e. The number of pyridine rings is 1. The normalized spacial score (nSPS) is 16.0. The molecule has 1 aliphatic heterocycles. The zero-order valence-corrected chi connectivity index (χ0v) is 14.8. The predicted octanol–water partition coefficient (Wildman–Crippen LogP) is 2.43. The van der Waals surface area contributed by atoms with Gasteiger partial charge in [0.2, 0.25) is 6.41 Å². The summed E-state index contributed by atoms with van der Waals surface area (Å²) in [5, 5.41) is 2.51. The quantitative estimate of drug-likeness (QED) is 0.638. The van der Waals surface area contributed by atoms with Crippen LogP contribution in [0.4, 0.5) is 5.69 Å². The number of anilines is 1. The summed E-state index contributed by atoms with van der Waals surface area (Å²) in [6.07, 6.45) is 6.32. The highest BCUT2D eigenvalue weighted by atomic mass is 16.5. The van der Waals surface area contributed by atoms with Crippen LogP contribution in [0.5, 0.6) is 0 Å². The highest BCUT2D eigenvalue weighted by Gasteiger charge is 2.23. The van der Waals surface area contributed by atoms with Crippen LogP contribution in [-0.4, -0.2) is 37.6 Å². The molecule has 2 aromatic rings. The van der Waals surface area contributed by atoms with E-state index in [0.717, 1.165) is 31.5 Å². The minimum absolute atomic E-state index is 0.476. The lowest BCUT2D eigenvalue weighted by atomic mass is 9.88. The van der Waals surface area contributed by atoms with E-state index in [1.807, 2.05) is 48.8 Å². The first-order valence-electron chi connectivity index (χ1n) is 8.75. The molecule has 0 radical (unpaired) electrons. The van der Waals surface area contributed by atoms with Crippen molar-refractivity contribution in [3.63, 3.8) is 0 Å². The van der Waals surface area contributed by atoms with E-state index >= 15 is 0 Å². The van der Waals surface area contributed by atoms with E-state index in [9.17, 15) is 9.59 Å². The Bertz CT molecular complexity index is 726. The molecule has 0 aliphatic carbocycles. The standard InChI is InChI=1S/C20H23N3O3/c1-26-20(25)19(22-14-24)17-4-2-15(3-5-17)16-8-12-23(13-9-16)18-6-10-21-11-7-18/h2-7,10-11,14,16,19H,8-9,12-13H2,1H3,(H,22,24). The summed E-state index contributed by atoms with van der Waals surface area (Å²) in [7, 11) is 1.31. The van der Waals surface area contributed by atoms with Crippen molar-refractivity contribution in [3.8, 4) is 0 Å². The second kappa shape index (κ2) is 8.47. The average Bonchev–Trinajstić information content (AvgIpc) is 2.72. The zero-order chi connectivity index (χ0) is 18.4. The molecule has 1 fully saturated rings. The van der Waals surface area contributed by atoms with Crippen LogP contribution in [0, 0.1) is 0 Å². The second-order valence-corrected chi connectivity index (χ2v) is 6.37. The van der Waals surface area contributed by atoms with E-state index in [1.165, 1.54) is 18.4 Å². The van der Waals surface area contributed by atoms with Gasteiger partial charge in [0.05, 0.1) is 7.11 Å². The maximum absolute atomic E-state index is 11.8. The number of benzene rings is 1. The maximum Gasteiger partial charge on any atom is 0.333 e. The Morgan fingerprint density at radius 2 is 1.85 bits per heavy atom. The molecule has 1 aromatic heterocycles. The molecule has 0 bridgehead atoms. The molecule has 3 rings (SSSR count). The molecule has 1 N–H and O–H groups in total. The van der Waals surface area contributed by atoms with Gasteiger partial charge in [0.1, 0.15) is 0 Å². The first kappa shape index (κ1) is 17.9. The number of amides is 1. The Kier molecular flexibility index (Phi) is 5.84. The number of nitrogens with zero attached hydrogens (tertiary/aromatic N) is 2. The van der Waals surface area contributed by atoms with Crippen molar-refractivity contribution < 1.29 is 14.3 Å². The van der Waals surface area contributed by atoms with Crippen LogP contribution in [-0.2, 0) is 14.3 Å². The van der Waals surface area contributed by atoms with E-state index in [1.54, 1.807) is 0 Å². The second-order valence-electron chi connectivity index (χ2n) is 6.37. The molecule has 0 spiro atoms. The van der Waals surface area contributed by atoms with Gasteiger partial charge < -0.3 is 15.0 Å². The number of carbonyl (C=O) groups excluding carboxylic acids is 2. The van der Waals surface area contributed by atoms with Gasteiger partial charge in [-0.15, -0.1) is 0 Å². The number of hydrogen-bond donors (Lipinski definition) is 1. The first-order chi connectivity index (χ1) is 12.7. The van der Waals surface area contributed by atoms with E-state index in [2.05, 4.69) is 15.2 Å². The van der Waals surface area contributed by atoms with Gasteiger partial charge in [-0.2, -0.15) is 0 Å². The molecule has 1 saturated heterocycles. The molecule has 0 saturated carbocycles. The largest absolute Gasteiger partial charge is 0.467 e. The van der Waals surface area contributed by atoms with Gasteiger partial charge in [-0.05, 0) is 42.0 Å². The fourth-order valence-electron chi connectivity index (χ4n) is 3.47. The van der Waals surface area contributed by atoms with Crippen LogP contribution in [0.25, 0.3) is 0 Å². The lowest BCUT2D eigenvalue weighted by Gasteiger charge is -2.33. The van der Waals surface area contributed by atoms with Crippen molar-refractivity contribution in [2.45, 2.75) is 24.8 Å². The number of methoxy groups -OCH3 is 1. The SMILES string of the molecule is COC(=O)C(NC=O)c1ccc(C2CCN(c3ccncc3)CC2)cc1. The van der Waals surface area contributed by atoms with Crippen LogP contribution >= 0.6 is 0 Å². The lowest BCUT2D eigenvalue weighted by molar-refractivity contribution is -0.144. The minimum Gasteiger partial charge on any atom is -0.467 e. The summed E-state index contributed by atoms with van der Waals surface area (Å²) >= 11 is 0. The van der Waals surface area contributed by atoms with Crippen molar-refractivity contribution in [2.24, 2.45) is 0 Å². The number of aromatic nitrogens is 1. The zero-order valence-electron chi connectivity index (χ0n) is 14.8. The molecule has 2 heterocycles. The summed E-state index contributed by atoms with van der Waals surface area (Å²) in [5.41, 5.74) is 3.20. The highest BCUT2D eigenvalue weighted by molar-refractivity contribution is 5.79. The van der Waals surface area contributed by atoms with E-state index in [-0.39, 0.29) is 0 Å². The van der Waals surface area contributed by atoms with Crippen molar-refractivity contribution in [1.29, 1.82) is 0 Å². The molecule has 1 unspecified atom stereocenters. The van der Waals surface area contributed by atoms with Gasteiger partial charge >= 0.3 is 5.97 Å². The van der Waals surface area contributed by atoms with Crippen molar-refractivity contribution in [2.75, 3.05) is 25.1 Å². The topological polar surface area (TPSA) is 71.5 Å². The van der Waals surface area contributed by atoms with Gasteiger partial charge in [-0.25, -0.2) is 4.79 Å². The Morgan fingerprint density at radius 3 is 2.42 bits per heavy atom. The number of nitrogens with one attached hydrogen (secondary N) is 1. The summed E-state index contributed by atoms with van der Waals surface area (Å²) in [5.74, 6) is 0.0215. The van der Waals surface area contributed by atoms with E-state index in [0.29, 0.717) is 12.3 Å². The van der Waals surface area contributed by atoms with Crippen LogP contribution in [0.3, 0.4) is 0 Å². The Hall–Kier alpha value is -2.89. The van der Waals surface area contributed by atoms with Crippen molar-refractivity contribution >= 4 is 18.1 Å². The number of carbonyl (C=O) groups is 2. The molecule has 1 aromatic carbocycles. The minimum atomic E-state index is -0.764. The molecular weight excluding hydrogens is 330 g/mol. The molecule has 1 aliphatic rings. The molecule has 26 heavy (non-hydrogen) atoms. The predicted molar refractivity (Wildman–Crippen MR) is 98.8 cm³/mol. The van der Waals surface area contributed by atoms with Crippen LogP contribution < -0.4 is 10.2 Å². The molecule has 136 valence electrons. The third kappa shape index (κ3) is 4.02. The maximum atomic E-state index is 11.8. The summed E-state index contributed by atoms with van der Waals surface area (Å²) < 4.78 is 4.75. The monoisotopic (exact) mass is 353 g/mol. The van der Waals surface area contributed by atoms with E-state index in [4.69, 9.17) is 4.74 Å². The van der Waals surface area contributed by atoms with Crippen LogP contribution in [0.1, 0.15) is 35.9 Å². The third-order valence-corrected chi connectivity index (χ3v) is 4.94. The van der Waals surface area contributed by atoms with Gasteiger partial charge in [-0.3, -0.25) is 9.78 Å². The fraction of sp³-hybridized carbons (Fsp3) is 0.350. The molecule has 1 amide bonds. The third-order valence-electron chi connectivity index (χ3n) is 4.94. The molecular formula is C20H23N3O3. The summed E-state index contributed by atoms with van der Waals surface area (Å²) in [6, 6.07) is 11.2. The van der Waals surface area contributed by atoms with Crippen LogP contribution in [0.2, 0.25) is 0 Å². The highest BCUT2D eigenvalue weighted by Crippen LogP contribution is 2.31. The Balaban J connectivity index is 1.64. The van der Waals surface area contributed by atoms with Gasteiger partial charge in [0.15, 0.2) is 6.04 Å². The van der Waals surface area contributed by atoms with Crippen molar-refractivity contribution in [1.82, 2.24) is 10.3 Å². The number of piperidine rings is 1. The number of ether oxygens (including phenoxy) is 1. The molecule has 6 heteroatoms. The van der Waals surface area contributed by atoms with Gasteiger partial charge in [-0.1, -0.05) is 24.3 Å². The number of esters is 1. The number of rotatable bonds is 6. The average molecular weight is 353 g/mol. The van der Waals surface area contributed by atoms with Crippen molar-refractivity contribution in [3.05, 3.63) is 59.9 Å². The van der Waals surface area contributed by atoms with Crippen LogP contribution in [0.15, 0.2) is 48.8 Å². The Labute approximate surface area is 153 Å². The number of hydrogen-bond acceptors (Lipinski definition) is 5. The summed E-state index contributed by atoms with van der Waals surface area (Å²) in [6.45, 7) is 2.02. The lowest BCUT2D eigenvalue weighted by Crippen LogP contribution is -2.32. The Morgan fingerprint density at radius 1 is 1.19 bits per heavy atom. The fourth-order valence-corrected chi connectivity index (χ4v) is 3.47. The van der Waals surface area contributed by atoms with Gasteiger partial charge in [0, 0.05) is 31.2 Å². The molecule has 1 atom stereocenters. The molecule has 6 nitrogen and oxygen atoms in total. The van der Waals surface area contributed by atoms with E-state index < -0.39 is 12.0 Å². The van der Waals surface area contributed by atoms with Gasteiger partial charge in [0.25, 0.3) is 0 Å².